The summed E-state index contributed by atoms with van der Waals surface area (Å²) in [5, 5.41) is 8.92. The fraction of sp³-hybridized carbons (Fsp3) is 0.667. The van der Waals surface area contributed by atoms with Gasteiger partial charge in [-0.3, -0.25) is 4.79 Å². The summed E-state index contributed by atoms with van der Waals surface area (Å²) in [5.41, 5.74) is 9.44. The molecule has 2 aliphatic rings. The average molecular weight is 347 g/mol. The molecule has 0 fully saturated rings. The average Bonchev–Trinajstić information content (AvgIpc) is 3.18. The molecular weight excluding hydrogens is 314 g/mol. The van der Waals surface area contributed by atoms with Gasteiger partial charge < -0.3 is 15.6 Å². The Morgan fingerprint density at radius 1 is 1.32 bits per heavy atom. The Bertz CT molecular complexity index is 569. The zero-order valence-electron chi connectivity index (χ0n) is 15.7. The summed E-state index contributed by atoms with van der Waals surface area (Å²) < 4.78 is 5.53. The van der Waals surface area contributed by atoms with Crippen molar-refractivity contribution in [3.8, 4) is 5.75 Å². The van der Waals surface area contributed by atoms with Gasteiger partial charge in [-0.25, -0.2) is 0 Å². The number of carboxylic acid groups (broad SMARTS) is 1. The van der Waals surface area contributed by atoms with Crippen LogP contribution >= 0.6 is 0 Å². The van der Waals surface area contributed by atoms with E-state index in [2.05, 4.69) is 19.9 Å². The van der Waals surface area contributed by atoms with Crippen LogP contribution in [0.2, 0.25) is 0 Å². The Hall–Kier alpha value is -1.55. The van der Waals surface area contributed by atoms with Crippen LogP contribution in [0.25, 0.3) is 0 Å². The van der Waals surface area contributed by atoms with Gasteiger partial charge in [-0.1, -0.05) is 38.7 Å². The SMILES string of the molecule is CCCCCC[C@@H](C)N.O=C(O)C[C@@H]1CCc2ccc3c(c21)CCO3. The van der Waals surface area contributed by atoms with Crippen LogP contribution in [0.4, 0.5) is 0 Å². The number of unbranched alkanes of at least 4 members (excludes halogenated alkanes) is 3. The van der Waals surface area contributed by atoms with Crippen LogP contribution in [-0.2, 0) is 17.6 Å². The third-order valence-corrected chi connectivity index (χ3v) is 5.12. The predicted molar refractivity (Wildman–Crippen MR) is 101 cm³/mol. The number of hydrogen-bond donors (Lipinski definition) is 2. The highest BCUT2D eigenvalue weighted by Gasteiger charge is 2.30. The van der Waals surface area contributed by atoms with E-state index in [1.165, 1.54) is 48.8 Å². The third kappa shape index (κ3) is 5.74. The Morgan fingerprint density at radius 3 is 2.80 bits per heavy atom. The van der Waals surface area contributed by atoms with Crippen molar-refractivity contribution in [2.24, 2.45) is 5.73 Å². The molecule has 0 saturated carbocycles. The second kappa shape index (κ2) is 9.81. The van der Waals surface area contributed by atoms with E-state index < -0.39 is 5.97 Å². The molecular formula is C21H33NO3. The molecule has 1 aliphatic heterocycles. The number of ether oxygens (including phenoxy) is 1. The zero-order chi connectivity index (χ0) is 18.2. The lowest BCUT2D eigenvalue weighted by molar-refractivity contribution is -0.137. The van der Waals surface area contributed by atoms with Crippen molar-refractivity contribution in [2.75, 3.05) is 6.61 Å². The standard InChI is InChI=1S/C13H14O3.C8H19N/c14-12(15)7-9-2-1-8-3-4-11-10(13(8)9)5-6-16-11;1-3-4-5-6-7-8(2)9/h3-4,9H,1-2,5-7H2,(H,14,15);8H,3-7,9H2,1-2H3/t9-;8-/m01/s1. The number of aliphatic carboxylic acids is 1. The normalized spacial score (nSPS) is 18.6. The number of rotatable bonds is 7. The minimum atomic E-state index is -0.700. The number of carbonyl (C=O) groups is 1. The minimum Gasteiger partial charge on any atom is -0.493 e. The lowest BCUT2D eigenvalue weighted by atomic mass is 9.92. The summed E-state index contributed by atoms with van der Waals surface area (Å²) in [4.78, 5) is 10.8. The summed E-state index contributed by atoms with van der Waals surface area (Å²) in [6.07, 6.45) is 9.73. The quantitative estimate of drug-likeness (QED) is 0.716. The van der Waals surface area contributed by atoms with Crippen LogP contribution in [0.15, 0.2) is 12.1 Å². The molecule has 140 valence electrons. The van der Waals surface area contributed by atoms with Crippen LogP contribution in [0.5, 0.6) is 5.75 Å². The van der Waals surface area contributed by atoms with E-state index in [0.717, 1.165) is 31.6 Å². The fourth-order valence-corrected chi connectivity index (χ4v) is 3.86. The molecule has 1 aromatic rings. The summed E-state index contributed by atoms with van der Waals surface area (Å²) in [6.45, 7) is 5.05. The minimum absolute atomic E-state index is 0.198. The molecule has 3 N–H and O–H groups in total. The summed E-state index contributed by atoms with van der Waals surface area (Å²) in [6, 6.07) is 4.54. The number of hydrogen-bond acceptors (Lipinski definition) is 3. The van der Waals surface area contributed by atoms with Gasteiger partial charge in [-0.05, 0) is 49.3 Å². The molecule has 4 nitrogen and oxygen atoms in total. The second-order valence-corrected chi connectivity index (χ2v) is 7.37. The fourth-order valence-electron chi connectivity index (χ4n) is 3.86. The number of benzene rings is 1. The van der Waals surface area contributed by atoms with Crippen molar-refractivity contribution in [1.82, 2.24) is 0 Å². The molecule has 0 unspecified atom stereocenters. The lowest BCUT2D eigenvalue weighted by Crippen LogP contribution is -2.13. The van der Waals surface area contributed by atoms with Gasteiger partial charge in [0.1, 0.15) is 5.75 Å². The van der Waals surface area contributed by atoms with Gasteiger partial charge in [0, 0.05) is 18.0 Å². The molecule has 25 heavy (non-hydrogen) atoms. The zero-order valence-corrected chi connectivity index (χ0v) is 15.7. The maximum absolute atomic E-state index is 10.8. The molecule has 0 amide bonds. The van der Waals surface area contributed by atoms with E-state index in [4.69, 9.17) is 15.6 Å². The molecule has 1 aliphatic carbocycles. The molecule has 0 aromatic heterocycles. The van der Waals surface area contributed by atoms with Crippen LogP contribution < -0.4 is 10.5 Å². The summed E-state index contributed by atoms with van der Waals surface area (Å²) in [5.74, 6) is 0.467. The smallest absolute Gasteiger partial charge is 0.303 e. The van der Waals surface area contributed by atoms with Crippen LogP contribution in [0, 0.1) is 0 Å². The van der Waals surface area contributed by atoms with Gasteiger partial charge in [0.15, 0.2) is 0 Å². The molecule has 1 aromatic carbocycles. The van der Waals surface area contributed by atoms with E-state index in [1.54, 1.807) is 0 Å². The molecule has 0 saturated heterocycles. The predicted octanol–water partition coefficient (Wildman–Crippen LogP) is 4.43. The Morgan fingerprint density at radius 2 is 2.12 bits per heavy atom. The Kier molecular flexibility index (Phi) is 7.76. The van der Waals surface area contributed by atoms with Crippen molar-refractivity contribution in [3.63, 3.8) is 0 Å². The molecule has 3 rings (SSSR count). The Balaban J connectivity index is 0.000000217. The van der Waals surface area contributed by atoms with Gasteiger partial charge >= 0.3 is 5.97 Å². The number of aryl methyl sites for hydroxylation is 1. The van der Waals surface area contributed by atoms with E-state index >= 15 is 0 Å². The Labute approximate surface area is 151 Å². The first-order chi connectivity index (χ1) is 12.0. The summed E-state index contributed by atoms with van der Waals surface area (Å²) >= 11 is 0. The van der Waals surface area contributed by atoms with Crippen molar-refractivity contribution in [1.29, 1.82) is 0 Å². The van der Waals surface area contributed by atoms with Gasteiger partial charge in [0.25, 0.3) is 0 Å². The van der Waals surface area contributed by atoms with Crippen molar-refractivity contribution >= 4 is 5.97 Å². The van der Waals surface area contributed by atoms with Crippen molar-refractivity contribution < 1.29 is 14.6 Å². The molecule has 0 bridgehead atoms. The first kappa shape index (κ1) is 19.8. The van der Waals surface area contributed by atoms with E-state index in [1.807, 2.05) is 6.07 Å². The second-order valence-electron chi connectivity index (χ2n) is 7.37. The molecule has 2 atom stereocenters. The van der Waals surface area contributed by atoms with Crippen molar-refractivity contribution in [3.05, 3.63) is 28.8 Å². The highest BCUT2D eigenvalue weighted by molar-refractivity contribution is 5.69. The third-order valence-electron chi connectivity index (χ3n) is 5.12. The van der Waals surface area contributed by atoms with Gasteiger partial charge in [-0.15, -0.1) is 0 Å². The number of carboxylic acids is 1. The first-order valence-electron chi connectivity index (χ1n) is 9.77. The highest BCUT2D eigenvalue weighted by atomic mass is 16.5. The van der Waals surface area contributed by atoms with Gasteiger partial charge in [0.2, 0.25) is 0 Å². The lowest BCUT2D eigenvalue weighted by Gasteiger charge is -2.12. The largest absolute Gasteiger partial charge is 0.493 e. The molecule has 4 heteroatoms. The molecule has 0 spiro atoms. The number of fused-ring (bicyclic) bond motifs is 3. The van der Waals surface area contributed by atoms with Crippen molar-refractivity contribution in [2.45, 2.75) is 83.6 Å². The van der Waals surface area contributed by atoms with E-state index in [9.17, 15) is 4.79 Å². The van der Waals surface area contributed by atoms with Crippen LogP contribution in [0.3, 0.4) is 0 Å². The highest BCUT2D eigenvalue weighted by Crippen LogP contribution is 2.43. The van der Waals surface area contributed by atoms with Crippen LogP contribution in [-0.4, -0.2) is 23.7 Å². The van der Waals surface area contributed by atoms with Gasteiger partial charge in [-0.2, -0.15) is 0 Å². The summed E-state index contributed by atoms with van der Waals surface area (Å²) in [7, 11) is 0. The number of nitrogens with two attached hydrogens (primary N) is 1. The first-order valence-corrected chi connectivity index (χ1v) is 9.77. The maximum atomic E-state index is 10.8. The molecule has 1 heterocycles. The van der Waals surface area contributed by atoms with E-state index in [0.29, 0.717) is 6.04 Å². The topological polar surface area (TPSA) is 72.6 Å². The molecule has 0 radical (unpaired) electrons. The maximum Gasteiger partial charge on any atom is 0.303 e. The van der Waals surface area contributed by atoms with Crippen LogP contribution in [0.1, 0.15) is 81.4 Å². The van der Waals surface area contributed by atoms with E-state index in [-0.39, 0.29) is 12.3 Å². The monoisotopic (exact) mass is 347 g/mol. The van der Waals surface area contributed by atoms with Gasteiger partial charge in [0.05, 0.1) is 13.0 Å².